The Hall–Kier alpha value is -2.24. The first-order valence-electron chi connectivity index (χ1n) is 5.23. The molecule has 2 aromatic rings. The number of aryl methyl sites for hydroxylation is 1. The first kappa shape index (κ1) is 11.3. The predicted molar refractivity (Wildman–Crippen MR) is 60.3 cm³/mol. The third-order valence-electron chi connectivity index (χ3n) is 2.20. The summed E-state index contributed by atoms with van der Waals surface area (Å²) in [5.41, 5.74) is 2.30. The molecule has 0 amide bonds. The maximum absolute atomic E-state index is 11.4. The van der Waals surface area contributed by atoms with E-state index in [1.807, 2.05) is 6.92 Å². The number of ether oxygens (including phenoxy) is 1. The van der Waals surface area contributed by atoms with Gasteiger partial charge in [0.05, 0.1) is 12.3 Å². The number of nitrogens with one attached hydrogen (secondary N) is 1. The van der Waals surface area contributed by atoms with E-state index >= 15 is 0 Å². The molecule has 1 N–H and O–H groups in total. The van der Waals surface area contributed by atoms with Crippen molar-refractivity contribution in [2.24, 2.45) is 0 Å². The van der Waals surface area contributed by atoms with Gasteiger partial charge in [0, 0.05) is 18.5 Å². The van der Waals surface area contributed by atoms with E-state index in [1.54, 1.807) is 25.4 Å². The molecule has 0 fully saturated rings. The Bertz CT molecular complexity index is 536. The van der Waals surface area contributed by atoms with Crippen LogP contribution in [0.2, 0.25) is 0 Å². The highest BCUT2D eigenvalue weighted by Gasteiger charge is 2.13. The van der Waals surface area contributed by atoms with Crippen LogP contribution in [0.1, 0.15) is 23.1 Å². The number of carbonyl (C=O) groups excluding carboxylic acids is 1. The van der Waals surface area contributed by atoms with Crippen molar-refractivity contribution in [2.45, 2.75) is 13.8 Å². The third kappa shape index (κ3) is 2.30. The molecule has 0 radical (unpaired) electrons. The zero-order chi connectivity index (χ0) is 12.3. The minimum atomic E-state index is -0.423. The summed E-state index contributed by atoms with van der Waals surface area (Å²) in [5, 5.41) is 6.65. The van der Waals surface area contributed by atoms with Crippen molar-refractivity contribution >= 4 is 5.97 Å². The van der Waals surface area contributed by atoms with E-state index in [-0.39, 0.29) is 0 Å². The SMILES string of the molecule is CCOC(=O)c1cc(-c2nccnc2C)n[nH]1. The van der Waals surface area contributed by atoms with E-state index in [0.29, 0.717) is 23.7 Å². The van der Waals surface area contributed by atoms with E-state index in [2.05, 4.69) is 20.2 Å². The molecule has 0 aliphatic carbocycles. The van der Waals surface area contributed by atoms with Gasteiger partial charge in [0.2, 0.25) is 0 Å². The molecular weight excluding hydrogens is 220 g/mol. The number of H-pyrrole nitrogens is 1. The second kappa shape index (κ2) is 4.73. The van der Waals surface area contributed by atoms with Crippen molar-refractivity contribution in [3.63, 3.8) is 0 Å². The van der Waals surface area contributed by atoms with Gasteiger partial charge in [0.1, 0.15) is 17.1 Å². The normalized spacial score (nSPS) is 10.2. The molecule has 6 nitrogen and oxygen atoms in total. The zero-order valence-corrected chi connectivity index (χ0v) is 9.60. The van der Waals surface area contributed by atoms with Gasteiger partial charge < -0.3 is 4.74 Å². The molecule has 2 aromatic heterocycles. The summed E-state index contributed by atoms with van der Waals surface area (Å²) in [6, 6.07) is 1.61. The quantitative estimate of drug-likeness (QED) is 0.808. The summed E-state index contributed by atoms with van der Waals surface area (Å²) in [7, 11) is 0. The molecule has 17 heavy (non-hydrogen) atoms. The van der Waals surface area contributed by atoms with Crippen LogP contribution >= 0.6 is 0 Å². The lowest BCUT2D eigenvalue weighted by molar-refractivity contribution is 0.0519. The number of hydrogen-bond acceptors (Lipinski definition) is 5. The standard InChI is InChI=1S/C11H12N4O2/c1-3-17-11(16)9-6-8(14-15-9)10-7(2)12-4-5-13-10/h4-6H,3H2,1-2H3,(H,14,15). The van der Waals surface area contributed by atoms with E-state index in [9.17, 15) is 4.79 Å². The van der Waals surface area contributed by atoms with Crippen molar-refractivity contribution < 1.29 is 9.53 Å². The second-order valence-electron chi connectivity index (χ2n) is 3.38. The van der Waals surface area contributed by atoms with Gasteiger partial charge in [-0.2, -0.15) is 5.10 Å². The van der Waals surface area contributed by atoms with E-state index in [0.717, 1.165) is 5.69 Å². The molecule has 88 valence electrons. The summed E-state index contributed by atoms with van der Waals surface area (Å²) >= 11 is 0. The molecule has 0 saturated heterocycles. The Morgan fingerprint density at radius 2 is 2.18 bits per heavy atom. The van der Waals surface area contributed by atoms with Gasteiger partial charge in [-0.1, -0.05) is 0 Å². The summed E-state index contributed by atoms with van der Waals surface area (Å²) < 4.78 is 4.86. The van der Waals surface area contributed by atoms with Crippen molar-refractivity contribution in [1.82, 2.24) is 20.2 Å². The largest absolute Gasteiger partial charge is 0.461 e. The Kier molecular flexibility index (Phi) is 3.13. The van der Waals surface area contributed by atoms with E-state index in [4.69, 9.17) is 4.74 Å². The Labute approximate surface area is 98.1 Å². The fourth-order valence-electron chi connectivity index (χ4n) is 1.42. The summed E-state index contributed by atoms with van der Waals surface area (Å²) in [6.45, 7) is 3.92. The molecule has 0 aliphatic heterocycles. The van der Waals surface area contributed by atoms with Gasteiger partial charge in [-0.3, -0.25) is 15.1 Å². The molecule has 0 unspecified atom stereocenters. The van der Waals surface area contributed by atoms with E-state index in [1.165, 1.54) is 0 Å². The minimum Gasteiger partial charge on any atom is -0.461 e. The van der Waals surface area contributed by atoms with Crippen LogP contribution in [0.15, 0.2) is 18.5 Å². The monoisotopic (exact) mass is 232 g/mol. The number of hydrogen-bond donors (Lipinski definition) is 1. The highest BCUT2D eigenvalue weighted by molar-refractivity contribution is 5.88. The van der Waals surface area contributed by atoms with Crippen molar-refractivity contribution in [2.75, 3.05) is 6.61 Å². The Balaban J connectivity index is 2.30. The van der Waals surface area contributed by atoms with Crippen LogP contribution in [-0.4, -0.2) is 32.7 Å². The zero-order valence-electron chi connectivity index (χ0n) is 9.60. The number of esters is 1. The summed E-state index contributed by atoms with van der Waals surface area (Å²) in [5.74, 6) is -0.423. The van der Waals surface area contributed by atoms with Crippen LogP contribution in [0.25, 0.3) is 11.4 Å². The fraction of sp³-hybridized carbons (Fsp3) is 0.273. The average molecular weight is 232 g/mol. The number of aromatic amines is 1. The Morgan fingerprint density at radius 1 is 1.41 bits per heavy atom. The van der Waals surface area contributed by atoms with Crippen LogP contribution in [0.4, 0.5) is 0 Å². The van der Waals surface area contributed by atoms with Gasteiger partial charge >= 0.3 is 5.97 Å². The molecule has 6 heteroatoms. The highest BCUT2D eigenvalue weighted by atomic mass is 16.5. The van der Waals surface area contributed by atoms with Crippen LogP contribution in [0.5, 0.6) is 0 Å². The molecule has 0 atom stereocenters. The molecule has 0 aliphatic rings. The van der Waals surface area contributed by atoms with Crippen molar-refractivity contribution in [1.29, 1.82) is 0 Å². The van der Waals surface area contributed by atoms with E-state index < -0.39 is 5.97 Å². The molecule has 2 heterocycles. The second-order valence-corrected chi connectivity index (χ2v) is 3.38. The molecule has 2 rings (SSSR count). The topological polar surface area (TPSA) is 80.8 Å². The van der Waals surface area contributed by atoms with Crippen LogP contribution in [-0.2, 0) is 4.74 Å². The molecule has 0 aromatic carbocycles. The van der Waals surface area contributed by atoms with Gasteiger partial charge in [-0.25, -0.2) is 4.79 Å². The van der Waals surface area contributed by atoms with Crippen molar-refractivity contribution in [3.05, 3.63) is 29.8 Å². The predicted octanol–water partition coefficient (Wildman–Crippen LogP) is 1.35. The van der Waals surface area contributed by atoms with Gasteiger partial charge in [-0.15, -0.1) is 0 Å². The summed E-state index contributed by atoms with van der Waals surface area (Å²) in [6.07, 6.45) is 3.19. The molecular formula is C11H12N4O2. The number of nitrogens with zero attached hydrogens (tertiary/aromatic N) is 3. The first-order valence-corrected chi connectivity index (χ1v) is 5.23. The first-order chi connectivity index (χ1) is 8.22. The van der Waals surface area contributed by atoms with Crippen molar-refractivity contribution in [3.8, 4) is 11.4 Å². The Morgan fingerprint density at radius 3 is 2.88 bits per heavy atom. The maximum atomic E-state index is 11.4. The maximum Gasteiger partial charge on any atom is 0.356 e. The summed E-state index contributed by atoms with van der Waals surface area (Å²) in [4.78, 5) is 19.7. The molecule has 0 saturated carbocycles. The number of rotatable bonds is 3. The molecule has 0 bridgehead atoms. The lowest BCUT2D eigenvalue weighted by atomic mass is 10.2. The highest BCUT2D eigenvalue weighted by Crippen LogP contribution is 2.17. The smallest absolute Gasteiger partial charge is 0.356 e. The fourth-order valence-corrected chi connectivity index (χ4v) is 1.42. The number of carbonyl (C=O) groups is 1. The number of aromatic nitrogens is 4. The van der Waals surface area contributed by atoms with Crippen LogP contribution in [0, 0.1) is 6.92 Å². The average Bonchev–Trinajstić information content (AvgIpc) is 2.79. The van der Waals surface area contributed by atoms with Crippen LogP contribution in [0.3, 0.4) is 0 Å². The van der Waals surface area contributed by atoms with Gasteiger partial charge in [0.15, 0.2) is 0 Å². The van der Waals surface area contributed by atoms with Crippen LogP contribution < -0.4 is 0 Å². The molecule has 0 spiro atoms. The third-order valence-corrected chi connectivity index (χ3v) is 2.20. The lowest BCUT2D eigenvalue weighted by Crippen LogP contribution is -2.04. The van der Waals surface area contributed by atoms with Gasteiger partial charge in [0.25, 0.3) is 0 Å². The van der Waals surface area contributed by atoms with Gasteiger partial charge in [-0.05, 0) is 13.8 Å². The minimum absolute atomic E-state index is 0.312. The lowest BCUT2D eigenvalue weighted by Gasteiger charge is -1.98.